The van der Waals surface area contributed by atoms with Gasteiger partial charge >= 0.3 is 0 Å². The highest BCUT2D eigenvalue weighted by atomic mass is 35.5. The number of benzene rings is 3. The van der Waals surface area contributed by atoms with E-state index >= 15 is 0 Å². The Morgan fingerprint density at radius 2 is 1.38 bits per heavy atom. The smallest absolute Gasteiger partial charge is 0.239 e. The number of hydrogen-bond donors (Lipinski definition) is 0. The first-order valence-corrected chi connectivity index (χ1v) is 10.1. The van der Waals surface area contributed by atoms with Gasteiger partial charge < -0.3 is 17.3 Å². The van der Waals surface area contributed by atoms with Crippen molar-refractivity contribution in [3.05, 3.63) is 71.3 Å². The van der Waals surface area contributed by atoms with Gasteiger partial charge in [0.2, 0.25) is 16.7 Å². The van der Waals surface area contributed by atoms with Crippen molar-refractivity contribution in [2.24, 2.45) is 0 Å². The molecule has 1 heterocycles. The molecule has 0 fully saturated rings. The number of fused-ring (bicyclic) bond motifs is 2. The lowest BCUT2D eigenvalue weighted by Crippen LogP contribution is -3.00. The Hall–Kier alpha value is -2.65. The van der Waals surface area contributed by atoms with Crippen LogP contribution >= 0.6 is 0 Å². The maximum atomic E-state index is 5.02. The van der Waals surface area contributed by atoms with E-state index in [1.54, 1.807) is 0 Å². The van der Waals surface area contributed by atoms with E-state index in [4.69, 9.17) is 4.98 Å². The fourth-order valence-corrected chi connectivity index (χ4v) is 3.99. The van der Waals surface area contributed by atoms with Crippen LogP contribution in [0.5, 0.6) is 0 Å². The van der Waals surface area contributed by atoms with E-state index in [0.717, 1.165) is 35.2 Å². The van der Waals surface area contributed by atoms with E-state index in [9.17, 15) is 0 Å². The molecule has 0 bridgehead atoms. The molecule has 0 saturated carbocycles. The van der Waals surface area contributed by atoms with Crippen LogP contribution in [0.4, 0.5) is 5.69 Å². The molecule has 4 aromatic rings. The summed E-state index contributed by atoms with van der Waals surface area (Å²) < 4.78 is 2.35. The molecule has 150 valence electrons. The minimum atomic E-state index is 0. The summed E-state index contributed by atoms with van der Waals surface area (Å²) >= 11 is 0. The summed E-state index contributed by atoms with van der Waals surface area (Å²) in [6, 6.07) is 19.8. The Kier molecular flexibility index (Phi) is 6.09. The second-order valence-corrected chi connectivity index (χ2v) is 7.57. The Labute approximate surface area is 179 Å². The van der Waals surface area contributed by atoms with Crippen molar-refractivity contribution >= 4 is 27.8 Å². The second-order valence-electron chi connectivity index (χ2n) is 7.57. The molecule has 0 aliphatic carbocycles. The summed E-state index contributed by atoms with van der Waals surface area (Å²) in [4.78, 5) is 7.43. The van der Waals surface area contributed by atoms with Crippen LogP contribution in [0.2, 0.25) is 0 Å². The van der Waals surface area contributed by atoms with Crippen molar-refractivity contribution in [1.29, 1.82) is 0 Å². The first-order valence-electron chi connectivity index (χ1n) is 10.1. The van der Waals surface area contributed by atoms with E-state index in [1.165, 1.54) is 28.1 Å². The average Bonchev–Trinajstić information content (AvgIpc) is 2.68. The molecule has 4 rings (SSSR count). The molecule has 0 atom stereocenters. The Morgan fingerprint density at radius 1 is 0.759 bits per heavy atom. The third kappa shape index (κ3) is 3.79. The van der Waals surface area contributed by atoms with Gasteiger partial charge in [0.1, 0.15) is 11.0 Å². The third-order valence-electron chi connectivity index (χ3n) is 5.54. The molecular weight excluding hydrogens is 378 g/mol. The van der Waals surface area contributed by atoms with E-state index in [0.29, 0.717) is 0 Å². The zero-order valence-corrected chi connectivity index (χ0v) is 18.6. The van der Waals surface area contributed by atoms with Gasteiger partial charge in [-0.2, -0.15) is 0 Å². The maximum absolute atomic E-state index is 5.02. The molecule has 0 radical (unpaired) electrons. The van der Waals surface area contributed by atoms with Crippen LogP contribution < -0.4 is 21.9 Å². The molecule has 3 nitrogen and oxygen atoms in total. The lowest BCUT2D eigenvalue weighted by atomic mass is 10.1. The summed E-state index contributed by atoms with van der Waals surface area (Å²) in [5, 5.41) is 0. The standard InChI is InChI=1S/C25H28N3.ClH/c1-6-27(7-2)24-16-25-22(15-19(24)5)26-21-14-18(4)10-13-23(21)28(25)20-11-8-17(3)9-12-20;/h8-16H,6-7H2,1-5H3;1H/q+1;/p-1. The van der Waals surface area contributed by atoms with Crippen molar-refractivity contribution in [3.63, 3.8) is 0 Å². The lowest BCUT2D eigenvalue weighted by molar-refractivity contribution is -0.538. The highest BCUT2D eigenvalue weighted by molar-refractivity contribution is 5.86. The number of hydrogen-bond acceptors (Lipinski definition) is 2. The summed E-state index contributed by atoms with van der Waals surface area (Å²) in [6.45, 7) is 12.8. The van der Waals surface area contributed by atoms with Crippen LogP contribution in [0, 0.1) is 20.8 Å². The molecular formula is C25H28ClN3. The van der Waals surface area contributed by atoms with Gasteiger partial charge in [-0.3, -0.25) is 0 Å². The SMILES string of the molecule is CCN(CC)c1cc2c(cc1C)nc1cc(C)ccc1[n+]2-c1ccc(C)cc1.[Cl-]. The largest absolute Gasteiger partial charge is 1.00 e. The minimum Gasteiger partial charge on any atom is -1.00 e. The molecule has 1 aromatic heterocycles. The van der Waals surface area contributed by atoms with Crippen LogP contribution in [0.3, 0.4) is 0 Å². The van der Waals surface area contributed by atoms with Gasteiger partial charge in [-0.05, 0) is 57.9 Å². The molecule has 0 saturated heterocycles. The minimum absolute atomic E-state index is 0. The van der Waals surface area contributed by atoms with Crippen molar-refractivity contribution in [3.8, 4) is 5.69 Å². The van der Waals surface area contributed by atoms with Gasteiger partial charge in [-0.1, -0.05) is 23.8 Å². The topological polar surface area (TPSA) is 20.0 Å². The van der Waals surface area contributed by atoms with Crippen LogP contribution in [-0.2, 0) is 0 Å². The van der Waals surface area contributed by atoms with E-state index < -0.39 is 0 Å². The number of anilines is 1. The Bertz CT molecular complexity index is 1160. The number of aromatic nitrogens is 2. The summed E-state index contributed by atoms with van der Waals surface area (Å²) in [6.07, 6.45) is 0. The van der Waals surface area contributed by atoms with Gasteiger partial charge in [0.05, 0.1) is 0 Å². The molecule has 0 unspecified atom stereocenters. The Morgan fingerprint density at radius 3 is 2.03 bits per heavy atom. The van der Waals surface area contributed by atoms with E-state index in [2.05, 4.69) is 98.7 Å². The molecule has 0 spiro atoms. The first-order chi connectivity index (χ1) is 13.5. The summed E-state index contributed by atoms with van der Waals surface area (Å²) in [7, 11) is 0. The van der Waals surface area contributed by atoms with Gasteiger partial charge in [0, 0.05) is 43.0 Å². The molecule has 29 heavy (non-hydrogen) atoms. The quantitative estimate of drug-likeness (QED) is 0.384. The van der Waals surface area contributed by atoms with E-state index in [-0.39, 0.29) is 12.4 Å². The number of nitrogens with zero attached hydrogens (tertiary/aromatic N) is 3. The van der Waals surface area contributed by atoms with Crippen molar-refractivity contribution in [2.45, 2.75) is 34.6 Å². The monoisotopic (exact) mass is 405 g/mol. The second kappa shape index (κ2) is 8.38. The maximum Gasteiger partial charge on any atom is 0.239 e. The van der Waals surface area contributed by atoms with Crippen LogP contribution in [0.15, 0.2) is 54.6 Å². The average molecular weight is 406 g/mol. The normalized spacial score (nSPS) is 10.9. The van der Waals surface area contributed by atoms with Crippen LogP contribution in [0.25, 0.3) is 27.8 Å². The number of halogens is 1. The fraction of sp³-hybridized carbons (Fsp3) is 0.280. The van der Waals surface area contributed by atoms with Gasteiger partial charge in [0.15, 0.2) is 0 Å². The third-order valence-corrected chi connectivity index (χ3v) is 5.54. The van der Waals surface area contributed by atoms with Crippen molar-refractivity contribution in [1.82, 2.24) is 4.98 Å². The molecule has 3 aromatic carbocycles. The van der Waals surface area contributed by atoms with Crippen LogP contribution in [0.1, 0.15) is 30.5 Å². The van der Waals surface area contributed by atoms with Gasteiger partial charge in [0.25, 0.3) is 0 Å². The predicted octanol–water partition coefficient (Wildman–Crippen LogP) is 2.44. The molecule has 4 heteroatoms. The molecule has 0 N–H and O–H groups in total. The van der Waals surface area contributed by atoms with Crippen molar-refractivity contribution in [2.75, 3.05) is 18.0 Å². The summed E-state index contributed by atoms with van der Waals surface area (Å²) in [5.41, 5.74) is 10.6. The predicted molar refractivity (Wildman–Crippen MR) is 119 cm³/mol. The van der Waals surface area contributed by atoms with Crippen molar-refractivity contribution < 1.29 is 17.0 Å². The number of aryl methyl sites for hydroxylation is 3. The Balaban J connectivity index is 0.00000240. The van der Waals surface area contributed by atoms with Gasteiger partial charge in [-0.15, -0.1) is 4.57 Å². The van der Waals surface area contributed by atoms with Gasteiger partial charge in [-0.25, -0.2) is 4.98 Å². The summed E-state index contributed by atoms with van der Waals surface area (Å²) in [5.74, 6) is 0. The van der Waals surface area contributed by atoms with Crippen LogP contribution in [-0.4, -0.2) is 18.1 Å². The first kappa shape index (κ1) is 21.1. The zero-order valence-electron chi connectivity index (χ0n) is 17.8. The zero-order chi connectivity index (χ0) is 19.8. The highest BCUT2D eigenvalue weighted by Crippen LogP contribution is 2.27. The fourth-order valence-electron chi connectivity index (χ4n) is 3.99. The lowest BCUT2D eigenvalue weighted by Gasteiger charge is -2.23. The van der Waals surface area contributed by atoms with E-state index in [1.807, 2.05) is 0 Å². The number of rotatable bonds is 4. The molecule has 0 aliphatic rings. The molecule has 0 aliphatic heterocycles. The highest BCUT2D eigenvalue weighted by Gasteiger charge is 2.21. The molecule has 0 amide bonds.